The van der Waals surface area contributed by atoms with Crippen LogP contribution in [0.25, 0.3) is 105 Å². The number of hydrogen-bond acceptors (Lipinski definition) is 10. The summed E-state index contributed by atoms with van der Waals surface area (Å²) in [5, 5.41) is 6.32. The van der Waals surface area contributed by atoms with Gasteiger partial charge in [-0.2, -0.15) is 0 Å². The zero-order valence-corrected chi connectivity index (χ0v) is 60.9. The first kappa shape index (κ1) is 73.0. The fourth-order valence-corrected chi connectivity index (χ4v) is 16.2. The van der Waals surface area contributed by atoms with Crippen LogP contribution >= 0.6 is 91.5 Å². The van der Waals surface area contributed by atoms with Gasteiger partial charge < -0.3 is 0 Å². The average molecular weight is 1500 g/mol. The van der Waals surface area contributed by atoms with E-state index in [0.29, 0.717) is 20.6 Å². The van der Waals surface area contributed by atoms with Crippen LogP contribution in [-0.4, -0.2) is 24.9 Å². The number of aromatic nitrogens is 5. The summed E-state index contributed by atoms with van der Waals surface area (Å²) in [6, 6.07) is 66.1. The van der Waals surface area contributed by atoms with Gasteiger partial charge in [0.1, 0.15) is 65.8 Å². The van der Waals surface area contributed by atoms with Gasteiger partial charge in [-0.05, 0) is 196 Å². The highest BCUT2D eigenvalue weighted by Crippen LogP contribution is 2.42. The summed E-state index contributed by atoms with van der Waals surface area (Å²) >= 11 is 26.1. The van der Waals surface area contributed by atoms with Crippen molar-refractivity contribution in [3.63, 3.8) is 0 Å². The Labute approximate surface area is 615 Å². The third-order valence-electron chi connectivity index (χ3n) is 15.3. The van der Waals surface area contributed by atoms with Crippen molar-refractivity contribution in [3.05, 3.63) is 326 Å². The quantitative estimate of drug-likeness (QED) is 0.128. The van der Waals surface area contributed by atoms with E-state index in [0.717, 1.165) is 134 Å². The maximum absolute atomic E-state index is 13.8. The Hall–Kier alpha value is -9.27. The smallest absolute Gasteiger partial charge is 0.133 e. The highest BCUT2D eigenvalue weighted by Gasteiger charge is 2.18. The number of nitrogens with zero attached hydrogens (tertiary/aromatic N) is 5. The number of hydrogen-bond donors (Lipinski definition) is 0. The first-order valence-electron chi connectivity index (χ1n) is 31.1. The highest BCUT2D eigenvalue weighted by molar-refractivity contribution is 7.20. The van der Waals surface area contributed by atoms with Crippen LogP contribution in [-0.2, 0) is 0 Å². The van der Waals surface area contributed by atoms with E-state index in [1.165, 1.54) is 102 Å². The minimum absolute atomic E-state index is 0.230. The van der Waals surface area contributed by atoms with Gasteiger partial charge in [0.25, 0.3) is 0 Å². The molecule has 5 nitrogen and oxygen atoms in total. The van der Waals surface area contributed by atoms with Crippen molar-refractivity contribution < 1.29 is 30.7 Å². The van der Waals surface area contributed by atoms with Crippen molar-refractivity contribution in [2.75, 3.05) is 0 Å². The van der Waals surface area contributed by atoms with Gasteiger partial charge in [-0.25, -0.2) is 55.7 Å². The predicted molar refractivity (Wildman–Crippen MR) is 408 cm³/mol. The van der Waals surface area contributed by atoms with Crippen LogP contribution in [0.3, 0.4) is 0 Å². The Kier molecular flexibility index (Phi) is 24.2. The summed E-state index contributed by atoms with van der Waals surface area (Å²) in [6.07, 6.45) is 0. The standard InChI is InChI=1S/C17H13ClFNS.2C16H11ClFNS.2C16H11F2NS/c1-10-3-4-13(9-15(10)18)17-20-11(2)16(21-17)12-5-7-14(19)8-6-12;1-10-15(11-5-7-14(18)8-6-11)20-16(19-10)12-3-2-4-13(17)9-12;1-10-15(11-6-8-12(18)9-7-11)20-16(19-10)13-4-2-3-5-14(13)17;1-10-15(11-2-6-13(17)7-3-11)20-16(19-10)12-4-8-14(18)9-5-12;1-10-15(11-6-8-12(17)9-7-11)20-16(19-10)13-4-2-3-5-14(13)18/h3-9H,1-2H3;4*2-9H,1H3. The number of thiazole rings is 5. The monoisotopic (exact) mass is 1500 g/mol. The van der Waals surface area contributed by atoms with E-state index in [2.05, 4.69) is 24.9 Å². The van der Waals surface area contributed by atoms with Crippen LogP contribution in [0.5, 0.6) is 0 Å². The van der Waals surface area contributed by atoms with Crippen LogP contribution in [0.15, 0.2) is 237 Å². The van der Waals surface area contributed by atoms with E-state index in [1.54, 1.807) is 125 Å². The zero-order valence-electron chi connectivity index (χ0n) is 54.6. The van der Waals surface area contributed by atoms with E-state index in [9.17, 15) is 30.7 Å². The molecule has 0 unspecified atom stereocenters. The highest BCUT2D eigenvalue weighted by atomic mass is 35.5. The van der Waals surface area contributed by atoms with E-state index in [1.807, 2.05) is 108 Å². The Bertz CT molecular complexity index is 5180. The van der Waals surface area contributed by atoms with Crippen LogP contribution < -0.4 is 0 Å². The second kappa shape index (κ2) is 33.5. The lowest BCUT2D eigenvalue weighted by atomic mass is 10.1. The summed E-state index contributed by atoms with van der Waals surface area (Å²) in [5.74, 6) is -1.77. The molecule has 15 aromatic rings. The van der Waals surface area contributed by atoms with Gasteiger partial charge in [0.2, 0.25) is 0 Å². The van der Waals surface area contributed by atoms with Crippen molar-refractivity contribution >= 4 is 91.5 Å². The Morgan fingerprint density at radius 2 is 0.535 bits per heavy atom. The van der Waals surface area contributed by atoms with Crippen molar-refractivity contribution in [3.8, 4) is 105 Å². The number of halogens is 10. The Morgan fingerprint density at radius 1 is 0.248 bits per heavy atom. The molecule has 5 heterocycles. The molecular weight excluding hydrogens is 1440 g/mol. The molecule has 10 aromatic carbocycles. The lowest BCUT2D eigenvalue weighted by Crippen LogP contribution is -1.82. The maximum Gasteiger partial charge on any atom is 0.133 e. The van der Waals surface area contributed by atoms with E-state index < -0.39 is 0 Å². The van der Waals surface area contributed by atoms with Gasteiger partial charge in [0.05, 0.1) is 57.9 Å². The third kappa shape index (κ3) is 18.6. The van der Waals surface area contributed by atoms with Gasteiger partial charge in [0, 0.05) is 37.9 Å². The summed E-state index contributed by atoms with van der Waals surface area (Å²) in [4.78, 5) is 27.8. The molecule has 0 aliphatic carbocycles. The maximum atomic E-state index is 13.8. The van der Waals surface area contributed by atoms with Crippen LogP contribution in [0, 0.1) is 82.3 Å². The van der Waals surface area contributed by atoms with Gasteiger partial charge in [-0.15, -0.1) is 56.7 Å². The molecule has 0 amide bonds. The molecule has 0 atom stereocenters. The lowest BCUT2D eigenvalue weighted by Gasteiger charge is -2.00. The molecule has 0 bridgehead atoms. The topological polar surface area (TPSA) is 64.5 Å². The molecule has 0 N–H and O–H groups in total. The lowest BCUT2D eigenvalue weighted by molar-refractivity contribution is 0.627. The molecule has 101 heavy (non-hydrogen) atoms. The third-order valence-corrected chi connectivity index (χ3v) is 22.5. The summed E-state index contributed by atoms with van der Waals surface area (Å²) in [5.41, 5.74) is 14.6. The molecule has 20 heteroatoms. The largest absolute Gasteiger partial charge is 0.241 e. The van der Waals surface area contributed by atoms with Crippen molar-refractivity contribution in [2.24, 2.45) is 0 Å². The first-order chi connectivity index (χ1) is 48.6. The van der Waals surface area contributed by atoms with Crippen LogP contribution in [0.4, 0.5) is 30.7 Å². The van der Waals surface area contributed by atoms with Crippen molar-refractivity contribution in [1.29, 1.82) is 0 Å². The molecule has 506 valence electrons. The van der Waals surface area contributed by atoms with E-state index in [-0.39, 0.29) is 40.7 Å². The summed E-state index contributed by atoms with van der Waals surface area (Å²) < 4.78 is 91.7. The molecule has 0 aliphatic heterocycles. The summed E-state index contributed by atoms with van der Waals surface area (Å²) in [7, 11) is 0. The molecule has 0 spiro atoms. The number of benzene rings is 10. The molecule has 15 rings (SSSR count). The van der Waals surface area contributed by atoms with Crippen LogP contribution in [0.2, 0.25) is 15.1 Å². The van der Waals surface area contributed by atoms with Crippen molar-refractivity contribution in [1.82, 2.24) is 24.9 Å². The first-order valence-corrected chi connectivity index (χ1v) is 36.3. The van der Waals surface area contributed by atoms with Gasteiger partial charge >= 0.3 is 0 Å². The number of aryl methyl sites for hydroxylation is 6. The van der Waals surface area contributed by atoms with E-state index >= 15 is 0 Å². The molecule has 0 saturated heterocycles. The second-order valence-electron chi connectivity index (χ2n) is 22.6. The Balaban J connectivity index is 0.000000127. The van der Waals surface area contributed by atoms with Gasteiger partial charge in [-0.1, -0.05) is 150 Å². The fourth-order valence-electron chi connectivity index (χ4n) is 10.1. The van der Waals surface area contributed by atoms with Crippen LogP contribution in [0.1, 0.15) is 34.0 Å². The predicted octanol–water partition coefficient (Wildman–Crippen LogP) is 27.2. The van der Waals surface area contributed by atoms with Gasteiger partial charge in [-0.3, -0.25) is 0 Å². The minimum atomic E-state index is -0.285. The molecular formula is C81H57Cl3F7N5S5. The van der Waals surface area contributed by atoms with E-state index in [4.69, 9.17) is 34.8 Å². The zero-order chi connectivity index (χ0) is 71.4. The normalized spacial score (nSPS) is 10.8. The average Bonchev–Trinajstić information content (AvgIpc) is 1.70. The Morgan fingerprint density at radius 3 is 0.881 bits per heavy atom. The van der Waals surface area contributed by atoms with Gasteiger partial charge in [0.15, 0.2) is 0 Å². The SMILES string of the molecule is Cc1ccc(-c2nc(C)c(-c3ccc(F)cc3)s2)cc1Cl.Cc1nc(-c2ccc(F)cc2)sc1-c1ccc(F)cc1.Cc1nc(-c2cccc(Cl)c2)sc1-c1ccc(F)cc1.Cc1nc(-c2ccccc2Cl)sc1-c1ccc(F)cc1.Cc1nc(-c2ccccc2F)sc1-c1ccc(F)cc1. The molecule has 0 fully saturated rings. The molecule has 0 saturated carbocycles. The number of rotatable bonds is 10. The van der Waals surface area contributed by atoms with Crippen molar-refractivity contribution in [2.45, 2.75) is 41.5 Å². The molecule has 0 radical (unpaired) electrons. The second-order valence-corrected chi connectivity index (χ2v) is 28.9. The minimum Gasteiger partial charge on any atom is -0.241 e. The fraction of sp³-hybridized carbons (Fsp3) is 0.0741. The summed E-state index contributed by atoms with van der Waals surface area (Å²) in [6.45, 7) is 11.7. The molecule has 5 aromatic heterocycles. The molecule has 0 aliphatic rings.